The van der Waals surface area contributed by atoms with Crippen LogP contribution in [0.25, 0.3) is 22.4 Å². The summed E-state index contributed by atoms with van der Waals surface area (Å²) >= 11 is 0. The van der Waals surface area contributed by atoms with Gasteiger partial charge in [-0.05, 0) is 37.5 Å². The van der Waals surface area contributed by atoms with Gasteiger partial charge in [0.2, 0.25) is 0 Å². The third-order valence-electron chi connectivity index (χ3n) is 6.58. The van der Waals surface area contributed by atoms with E-state index in [0.29, 0.717) is 37.1 Å². The maximum Gasteiger partial charge on any atom is 0.275 e. The summed E-state index contributed by atoms with van der Waals surface area (Å²) in [5.41, 5.74) is 1.97. The molecule has 1 amide bonds. The molecule has 1 fully saturated rings. The SMILES string of the molecule is COCCC1(c2noc(-c3ccncc3)n2)CCN(C(=O)c2nn(C)c3ccccc23)CC1. The standard InChI is InChI=1S/C24H26N6O3/c1-29-19-6-4-3-5-18(19)20(27-29)22(31)30-14-9-24(10-15-30,11-16-32-2)23-26-21(33-28-23)17-7-12-25-13-8-17/h3-8,12-13H,9-11,14-16H2,1-2H3. The average molecular weight is 447 g/mol. The molecule has 1 aromatic carbocycles. The van der Waals surface area contributed by atoms with Crippen LogP contribution in [-0.4, -0.2) is 62.5 Å². The molecule has 3 aromatic heterocycles. The number of methoxy groups -OCH3 is 1. The van der Waals surface area contributed by atoms with E-state index in [1.165, 1.54) is 0 Å². The summed E-state index contributed by atoms with van der Waals surface area (Å²) in [5, 5.41) is 9.72. The summed E-state index contributed by atoms with van der Waals surface area (Å²) in [5.74, 6) is 1.10. The topological polar surface area (TPSA) is 99.2 Å². The van der Waals surface area contributed by atoms with Crippen LogP contribution in [0.3, 0.4) is 0 Å². The van der Waals surface area contributed by atoms with E-state index in [9.17, 15) is 4.79 Å². The summed E-state index contributed by atoms with van der Waals surface area (Å²) in [6.07, 6.45) is 5.61. The third kappa shape index (κ3) is 3.89. The van der Waals surface area contributed by atoms with Crippen molar-refractivity contribution >= 4 is 16.8 Å². The first-order valence-electron chi connectivity index (χ1n) is 11.1. The van der Waals surface area contributed by atoms with Gasteiger partial charge in [-0.2, -0.15) is 10.1 Å². The fourth-order valence-electron chi connectivity index (χ4n) is 4.59. The zero-order valence-electron chi connectivity index (χ0n) is 18.8. The second kappa shape index (κ2) is 8.74. The highest BCUT2D eigenvalue weighted by molar-refractivity contribution is 6.04. The zero-order valence-corrected chi connectivity index (χ0v) is 18.8. The second-order valence-electron chi connectivity index (χ2n) is 8.46. The molecule has 1 aliphatic rings. The van der Waals surface area contributed by atoms with Crippen molar-refractivity contribution in [1.82, 2.24) is 29.8 Å². The summed E-state index contributed by atoms with van der Waals surface area (Å²) in [7, 11) is 3.55. The third-order valence-corrected chi connectivity index (χ3v) is 6.58. The van der Waals surface area contributed by atoms with Crippen molar-refractivity contribution in [3.05, 3.63) is 60.3 Å². The number of aryl methyl sites for hydroxylation is 1. The molecule has 0 spiro atoms. The van der Waals surface area contributed by atoms with Gasteiger partial charge in [-0.15, -0.1) is 0 Å². The van der Waals surface area contributed by atoms with Gasteiger partial charge in [-0.1, -0.05) is 23.4 Å². The fourth-order valence-corrected chi connectivity index (χ4v) is 4.59. The number of rotatable bonds is 6. The van der Waals surface area contributed by atoms with E-state index in [2.05, 4.69) is 15.2 Å². The largest absolute Gasteiger partial charge is 0.385 e. The molecule has 0 radical (unpaired) electrons. The zero-order chi connectivity index (χ0) is 22.8. The van der Waals surface area contributed by atoms with Gasteiger partial charge in [0.05, 0.1) is 5.52 Å². The lowest BCUT2D eigenvalue weighted by Gasteiger charge is -2.39. The molecular formula is C24H26N6O3. The average Bonchev–Trinajstić information content (AvgIpc) is 3.49. The molecular weight excluding hydrogens is 420 g/mol. The maximum atomic E-state index is 13.3. The maximum absolute atomic E-state index is 13.3. The molecule has 4 aromatic rings. The Hall–Kier alpha value is -3.59. The van der Waals surface area contributed by atoms with Gasteiger partial charge in [-0.25, -0.2) is 0 Å². The Morgan fingerprint density at radius 3 is 2.67 bits per heavy atom. The number of aromatic nitrogens is 5. The van der Waals surface area contributed by atoms with E-state index in [1.807, 2.05) is 48.3 Å². The van der Waals surface area contributed by atoms with Gasteiger partial charge in [0.1, 0.15) is 0 Å². The van der Waals surface area contributed by atoms with Gasteiger partial charge in [0.15, 0.2) is 11.5 Å². The Balaban J connectivity index is 1.38. The van der Waals surface area contributed by atoms with E-state index in [1.54, 1.807) is 24.2 Å². The van der Waals surface area contributed by atoms with Gasteiger partial charge in [0.25, 0.3) is 11.8 Å². The highest BCUT2D eigenvalue weighted by Gasteiger charge is 2.41. The lowest BCUT2D eigenvalue weighted by atomic mass is 9.75. The van der Waals surface area contributed by atoms with E-state index in [4.69, 9.17) is 14.2 Å². The second-order valence-corrected chi connectivity index (χ2v) is 8.46. The molecule has 0 aliphatic carbocycles. The normalized spacial score (nSPS) is 15.8. The molecule has 0 saturated carbocycles. The monoisotopic (exact) mass is 446 g/mol. The predicted molar refractivity (Wildman–Crippen MR) is 122 cm³/mol. The van der Waals surface area contributed by atoms with Crippen molar-refractivity contribution < 1.29 is 14.1 Å². The molecule has 0 atom stereocenters. The number of carbonyl (C=O) groups excluding carboxylic acids is 1. The number of pyridine rings is 1. The molecule has 9 nitrogen and oxygen atoms in total. The number of benzene rings is 1. The number of hydrogen-bond donors (Lipinski definition) is 0. The molecule has 1 saturated heterocycles. The number of nitrogens with zero attached hydrogens (tertiary/aromatic N) is 6. The number of piperidine rings is 1. The van der Waals surface area contributed by atoms with E-state index >= 15 is 0 Å². The van der Waals surface area contributed by atoms with E-state index < -0.39 is 0 Å². The highest BCUT2D eigenvalue weighted by atomic mass is 16.5. The van der Waals surface area contributed by atoms with Gasteiger partial charge in [0, 0.05) is 62.6 Å². The molecule has 4 heterocycles. The highest BCUT2D eigenvalue weighted by Crippen LogP contribution is 2.38. The quantitative estimate of drug-likeness (QED) is 0.448. The van der Waals surface area contributed by atoms with Crippen molar-refractivity contribution in [2.24, 2.45) is 7.05 Å². The van der Waals surface area contributed by atoms with Crippen LogP contribution >= 0.6 is 0 Å². The van der Waals surface area contributed by atoms with E-state index in [-0.39, 0.29) is 11.3 Å². The van der Waals surface area contributed by atoms with Gasteiger partial charge < -0.3 is 14.2 Å². The summed E-state index contributed by atoms with van der Waals surface area (Å²) in [6.45, 7) is 1.76. The smallest absolute Gasteiger partial charge is 0.275 e. The van der Waals surface area contributed by atoms with E-state index in [0.717, 1.165) is 35.7 Å². The van der Waals surface area contributed by atoms with Crippen molar-refractivity contribution in [3.63, 3.8) is 0 Å². The number of amides is 1. The first-order chi connectivity index (χ1) is 16.1. The van der Waals surface area contributed by atoms with Crippen LogP contribution < -0.4 is 0 Å². The Morgan fingerprint density at radius 2 is 1.91 bits per heavy atom. The Labute approximate surface area is 191 Å². The number of carbonyl (C=O) groups is 1. The van der Waals surface area contributed by atoms with Crippen molar-refractivity contribution in [2.75, 3.05) is 26.8 Å². The van der Waals surface area contributed by atoms with Crippen LogP contribution in [0.1, 0.15) is 35.6 Å². The molecule has 9 heteroatoms. The number of ether oxygens (including phenoxy) is 1. The van der Waals surface area contributed by atoms with Crippen LogP contribution in [0.2, 0.25) is 0 Å². The summed E-state index contributed by atoms with van der Waals surface area (Å²) in [6, 6.07) is 11.5. The van der Waals surface area contributed by atoms with Gasteiger partial charge >= 0.3 is 0 Å². The summed E-state index contributed by atoms with van der Waals surface area (Å²) < 4.78 is 12.7. The molecule has 0 bridgehead atoms. The van der Waals surface area contributed by atoms with Crippen molar-refractivity contribution in [1.29, 1.82) is 0 Å². The van der Waals surface area contributed by atoms with Crippen LogP contribution in [0, 0.1) is 0 Å². The first-order valence-corrected chi connectivity index (χ1v) is 11.1. The molecule has 170 valence electrons. The van der Waals surface area contributed by atoms with Crippen molar-refractivity contribution in [3.8, 4) is 11.5 Å². The Bertz CT molecular complexity index is 1260. The molecule has 0 unspecified atom stereocenters. The van der Waals surface area contributed by atoms with Crippen LogP contribution in [0.4, 0.5) is 0 Å². The minimum Gasteiger partial charge on any atom is -0.385 e. The molecule has 0 N–H and O–H groups in total. The lowest BCUT2D eigenvalue weighted by Crippen LogP contribution is -2.46. The van der Waals surface area contributed by atoms with Crippen LogP contribution in [-0.2, 0) is 17.2 Å². The predicted octanol–water partition coefficient (Wildman–Crippen LogP) is 3.23. The number of para-hydroxylation sites is 1. The molecule has 33 heavy (non-hydrogen) atoms. The van der Waals surface area contributed by atoms with Crippen LogP contribution in [0.15, 0.2) is 53.3 Å². The minimum atomic E-state index is -0.312. The minimum absolute atomic E-state index is 0.0438. The van der Waals surface area contributed by atoms with Crippen LogP contribution in [0.5, 0.6) is 0 Å². The Morgan fingerprint density at radius 1 is 1.15 bits per heavy atom. The number of likely N-dealkylation sites (tertiary alicyclic amines) is 1. The van der Waals surface area contributed by atoms with Crippen molar-refractivity contribution in [2.45, 2.75) is 24.7 Å². The molecule has 5 rings (SSSR count). The number of fused-ring (bicyclic) bond motifs is 1. The van der Waals surface area contributed by atoms with Gasteiger partial charge in [-0.3, -0.25) is 14.5 Å². The number of hydrogen-bond acceptors (Lipinski definition) is 7. The fraction of sp³-hybridized carbons (Fsp3) is 0.375. The lowest BCUT2D eigenvalue weighted by molar-refractivity contribution is 0.0611. The Kier molecular flexibility index (Phi) is 5.63. The summed E-state index contributed by atoms with van der Waals surface area (Å²) in [4.78, 5) is 24.0. The first kappa shape index (κ1) is 21.3. The molecule has 1 aliphatic heterocycles.